The Morgan fingerprint density at radius 2 is 2.04 bits per heavy atom. The summed E-state index contributed by atoms with van der Waals surface area (Å²) in [6.45, 7) is 4.88. The second kappa shape index (κ2) is 9.72. The highest BCUT2D eigenvalue weighted by Crippen LogP contribution is 2.22. The van der Waals surface area contributed by atoms with E-state index in [1.165, 1.54) is 31.4 Å². The second-order valence-corrected chi connectivity index (χ2v) is 6.17. The van der Waals surface area contributed by atoms with Gasteiger partial charge in [-0.1, -0.05) is 0 Å². The maximum atomic E-state index is 13.4. The number of aryl methyl sites for hydroxylation is 1. The minimum absolute atomic E-state index is 0.137. The predicted molar refractivity (Wildman–Crippen MR) is 102 cm³/mol. The Morgan fingerprint density at radius 3 is 2.68 bits per heavy atom. The van der Waals surface area contributed by atoms with Gasteiger partial charge in [-0.15, -0.1) is 0 Å². The first-order valence-electron chi connectivity index (χ1n) is 8.68. The van der Waals surface area contributed by atoms with Crippen LogP contribution in [0.5, 0.6) is 5.75 Å². The van der Waals surface area contributed by atoms with Crippen LogP contribution in [0, 0.1) is 31.0 Å². The maximum Gasteiger partial charge on any atom is 0.349 e. The molecule has 0 fully saturated rings. The van der Waals surface area contributed by atoms with Gasteiger partial charge in [0.15, 0.2) is 0 Å². The third-order valence-electron chi connectivity index (χ3n) is 4.37. The van der Waals surface area contributed by atoms with E-state index in [-0.39, 0.29) is 12.2 Å². The molecule has 0 aliphatic heterocycles. The molecule has 0 saturated carbocycles. The number of methoxy groups -OCH3 is 2. The summed E-state index contributed by atoms with van der Waals surface area (Å²) in [6.07, 6.45) is 1.50. The molecule has 0 N–H and O–H groups in total. The number of rotatable bonds is 8. The summed E-state index contributed by atoms with van der Waals surface area (Å²) < 4.78 is 30.9. The normalized spacial score (nSPS) is 11.2. The topological polar surface area (TPSA) is 73.5 Å². The minimum atomic E-state index is -0.782. The molecule has 2 aromatic rings. The van der Waals surface area contributed by atoms with Gasteiger partial charge in [-0.05, 0) is 49.8 Å². The molecule has 1 heterocycles. The van der Waals surface area contributed by atoms with Crippen LogP contribution in [-0.4, -0.2) is 31.4 Å². The molecule has 1 aromatic carbocycles. The SMILES string of the molecule is COCCn1c(C)cc(/C=C(\C#N)C(=O)OCc2cc(F)ccc2OC)c1C. The van der Waals surface area contributed by atoms with Gasteiger partial charge in [0.25, 0.3) is 0 Å². The Hall–Kier alpha value is -3.11. The van der Waals surface area contributed by atoms with Crippen molar-refractivity contribution >= 4 is 12.0 Å². The number of nitrogens with zero attached hydrogens (tertiary/aromatic N) is 2. The lowest BCUT2D eigenvalue weighted by Gasteiger charge is -2.09. The van der Waals surface area contributed by atoms with Gasteiger partial charge in [-0.3, -0.25) is 0 Å². The molecular formula is C21H23FN2O4. The summed E-state index contributed by atoms with van der Waals surface area (Å²) in [5.74, 6) is -0.847. The Bertz CT molecular complexity index is 925. The zero-order valence-electron chi connectivity index (χ0n) is 16.4. The van der Waals surface area contributed by atoms with Crippen molar-refractivity contribution in [1.82, 2.24) is 4.57 Å². The van der Waals surface area contributed by atoms with E-state index in [4.69, 9.17) is 14.2 Å². The second-order valence-electron chi connectivity index (χ2n) is 6.17. The molecule has 0 atom stereocenters. The van der Waals surface area contributed by atoms with Crippen molar-refractivity contribution in [3.8, 4) is 11.8 Å². The van der Waals surface area contributed by atoms with E-state index in [1.807, 2.05) is 30.6 Å². The van der Waals surface area contributed by atoms with Gasteiger partial charge < -0.3 is 18.8 Å². The molecule has 0 aliphatic rings. The van der Waals surface area contributed by atoms with Gasteiger partial charge in [0.2, 0.25) is 0 Å². The van der Waals surface area contributed by atoms with Crippen LogP contribution in [0.3, 0.4) is 0 Å². The van der Waals surface area contributed by atoms with E-state index in [9.17, 15) is 14.4 Å². The first kappa shape index (κ1) is 21.2. The molecular weight excluding hydrogens is 363 g/mol. The van der Waals surface area contributed by atoms with E-state index in [0.717, 1.165) is 17.0 Å². The molecule has 0 saturated heterocycles. The van der Waals surface area contributed by atoms with Crippen molar-refractivity contribution in [3.63, 3.8) is 0 Å². The van der Waals surface area contributed by atoms with Crippen LogP contribution < -0.4 is 4.74 Å². The van der Waals surface area contributed by atoms with Gasteiger partial charge in [0.1, 0.15) is 29.8 Å². The quantitative estimate of drug-likeness (QED) is 0.394. The first-order chi connectivity index (χ1) is 13.4. The van der Waals surface area contributed by atoms with Gasteiger partial charge in [0, 0.05) is 30.6 Å². The molecule has 148 valence electrons. The lowest BCUT2D eigenvalue weighted by atomic mass is 10.1. The Kier molecular flexibility index (Phi) is 7.36. The molecule has 0 aliphatic carbocycles. The predicted octanol–water partition coefficient (Wildman–Crippen LogP) is 3.55. The smallest absolute Gasteiger partial charge is 0.349 e. The van der Waals surface area contributed by atoms with E-state index in [1.54, 1.807) is 7.11 Å². The number of carbonyl (C=O) groups excluding carboxylic acids is 1. The average molecular weight is 386 g/mol. The van der Waals surface area contributed by atoms with Crippen LogP contribution in [0.15, 0.2) is 29.8 Å². The number of halogens is 1. The molecule has 0 bridgehead atoms. The Labute approximate surface area is 163 Å². The fourth-order valence-electron chi connectivity index (χ4n) is 2.87. The Balaban J connectivity index is 2.18. The molecule has 1 aromatic heterocycles. The summed E-state index contributed by atoms with van der Waals surface area (Å²) >= 11 is 0. The van der Waals surface area contributed by atoms with Crippen molar-refractivity contribution in [2.45, 2.75) is 27.0 Å². The zero-order valence-corrected chi connectivity index (χ0v) is 16.4. The van der Waals surface area contributed by atoms with Gasteiger partial charge in [-0.2, -0.15) is 5.26 Å². The molecule has 0 unspecified atom stereocenters. The number of hydrogen-bond acceptors (Lipinski definition) is 5. The highest BCUT2D eigenvalue weighted by atomic mass is 19.1. The highest BCUT2D eigenvalue weighted by molar-refractivity contribution is 5.98. The average Bonchev–Trinajstić information content (AvgIpc) is 2.95. The number of esters is 1. The number of hydrogen-bond donors (Lipinski definition) is 0. The fourth-order valence-corrected chi connectivity index (χ4v) is 2.87. The van der Waals surface area contributed by atoms with Crippen molar-refractivity contribution in [2.24, 2.45) is 0 Å². The van der Waals surface area contributed by atoms with Crippen molar-refractivity contribution in [2.75, 3.05) is 20.8 Å². The summed E-state index contributed by atoms with van der Waals surface area (Å²) in [4.78, 5) is 12.3. The van der Waals surface area contributed by atoms with Gasteiger partial charge >= 0.3 is 5.97 Å². The van der Waals surface area contributed by atoms with Crippen molar-refractivity contribution in [3.05, 3.63) is 58.2 Å². The maximum absolute atomic E-state index is 13.4. The molecule has 0 radical (unpaired) electrons. The lowest BCUT2D eigenvalue weighted by Crippen LogP contribution is -2.08. The molecule has 28 heavy (non-hydrogen) atoms. The minimum Gasteiger partial charge on any atom is -0.496 e. The number of benzene rings is 1. The lowest BCUT2D eigenvalue weighted by molar-refractivity contribution is -0.139. The number of aromatic nitrogens is 1. The molecule has 0 spiro atoms. The van der Waals surface area contributed by atoms with E-state index in [0.29, 0.717) is 24.5 Å². The van der Waals surface area contributed by atoms with E-state index < -0.39 is 11.8 Å². The fraction of sp³-hybridized carbons (Fsp3) is 0.333. The van der Waals surface area contributed by atoms with Crippen LogP contribution in [0.4, 0.5) is 4.39 Å². The molecule has 6 nitrogen and oxygen atoms in total. The first-order valence-corrected chi connectivity index (χ1v) is 8.68. The third-order valence-corrected chi connectivity index (χ3v) is 4.37. The monoisotopic (exact) mass is 386 g/mol. The van der Waals surface area contributed by atoms with Crippen LogP contribution in [0.2, 0.25) is 0 Å². The third kappa shape index (κ3) is 4.99. The van der Waals surface area contributed by atoms with Crippen molar-refractivity contribution < 1.29 is 23.4 Å². The van der Waals surface area contributed by atoms with Gasteiger partial charge in [-0.25, -0.2) is 9.18 Å². The highest BCUT2D eigenvalue weighted by Gasteiger charge is 2.15. The van der Waals surface area contributed by atoms with Crippen LogP contribution in [0.25, 0.3) is 6.08 Å². The largest absolute Gasteiger partial charge is 0.496 e. The summed E-state index contributed by atoms with van der Waals surface area (Å²) in [5, 5.41) is 9.38. The molecule has 7 heteroatoms. The van der Waals surface area contributed by atoms with Crippen LogP contribution in [-0.2, 0) is 27.4 Å². The number of carbonyl (C=O) groups is 1. The standard InChI is InChI=1S/C21H23FN2O4/c1-14-9-16(15(2)24(14)7-8-26-3)10-17(12-23)21(25)28-13-18-11-19(22)5-6-20(18)27-4/h5-6,9-11H,7-8,13H2,1-4H3/b17-10+. The van der Waals surface area contributed by atoms with Crippen molar-refractivity contribution in [1.29, 1.82) is 5.26 Å². The van der Waals surface area contributed by atoms with Crippen LogP contribution in [0.1, 0.15) is 22.5 Å². The van der Waals surface area contributed by atoms with Gasteiger partial charge in [0.05, 0.1) is 13.7 Å². The summed E-state index contributed by atoms with van der Waals surface area (Å²) in [7, 11) is 3.07. The zero-order chi connectivity index (χ0) is 20.7. The summed E-state index contributed by atoms with van der Waals surface area (Å²) in [6, 6.07) is 7.70. The molecule has 0 amide bonds. The Morgan fingerprint density at radius 1 is 1.29 bits per heavy atom. The van der Waals surface area contributed by atoms with E-state index in [2.05, 4.69) is 0 Å². The number of ether oxygens (including phenoxy) is 3. The molecule has 2 rings (SSSR count). The number of nitriles is 1. The summed E-state index contributed by atoms with van der Waals surface area (Å²) in [5.41, 5.74) is 2.91. The van der Waals surface area contributed by atoms with E-state index >= 15 is 0 Å². The van der Waals surface area contributed by atoms with Crippen LogP contribution >= 0.6 is 0 Å².